The van der Waals surface area contributed by atoms with Gasteiger partial charge in [-0.3, -0.25) is 0 Å². The van der Waals surface area contributed by atoms with E-state index in [4.69, 9.17) is 5.73 Å². The number of anilines is 1. The van der Waals surface area contributed by atoms with E-state index in [0.29, 0.717) is 24.3 Å². The van der Waals surface area contributed by atoms with E-state index < -0.39 is 9.84 Å². The van der Waals surface area contributed by atoms with Crippen LogP contribution in [0.15, 0.2) is 0 Å². The van der Waals surface area contributed by atoms with Crippen LogP contribution in [0.4, 0.5) is 5.82 Å². The van der Waals surface area contributed by atoms with Crippen LogP contribution in [0.25, 0.3) is 11.0 Å². The van der Waals surface area contributed by atoms with Gasteiger partial charge in [-0.15, -0.1) is 0 Å². The van der Waals surface area contributed by atoms with Crippen molar-refractivity contribution in [1.82, 2.24) is 14.5 Å². The summed E-state index contributed by atoms with van der Waals surface area (Å²) < 4.78 is 26.0. The van der Waals surface area contributed by atoms with Crippen LogP contribution in [0, 0.1) is 20.8 Å². The Bertz CT molecular complexity index is 809. The SMILES string of the molecule is CCCCS(=O)(=O)CCCn1c(C)nc2c(N)nc(C)c(C)c21. The van der Waals surface area contributed by atoms with E-state index in [0.717, 1.165) is 35.4 Å². The number of aryl methyl sites for hydroxylation is 4. The lowest BCUT2D eigenvalue weighted by atomic mass is 10.2. The van der Waals surface area contributed by atoms with Gasteiger partial charge >= 0.3 is 0 Å². The molecule has 2 N–H and O–H groups in total. The Hall–Kier alpha value is -1.63. The second kappa shape index (κ2) is 6.86. The normalized spacial score (nSPS) is 12.2. The summed E-state index contributed by atoms with van der Waals surface area (Å²) in [4.78, 5) is 8.82. The first-order valence-electron chi connectivity index (χ1n) is 8.06. The Labute approximate surface area is 138 Å². The lowest BCUT2D eigenvalue weighted by molar-refractivity contribution is 0.583. The number of nitrogen functional groups attached to an aromatic ring is 1. The lowest BCUT2D eigenvalue weighted by Gasteiger charge is -2.10. The molecule has 2 heterocycles. The minimum atomic E-state index is -2.96. The highest BCUT2D eigenvalue weighted by molar-refractivity contribution is 7.91. The first-order valence-corrected chi connectivity index (χ1v) is 9.89. The third kappa shape index (κ3) is 3.83. The van der Waals surface area contributed by atoms with Gasteiger partial charge in [-0.05, 0) is 39.2 Å². The average Bonchev–Trinajstić information content (AvgIpc) is 2.81. The standard InChI is InChI=1S/C16H26N4O2S/c1-5-6-9-23(21,22)10-7-8-20-13(4)19-14-15(20)11(2)12(3)18-16(14)17/h5-10H2,1-4H3,(H2,17,18). The second-order valence-corrected chi connectivity index (χ2v) is 8.38. The first-order chi connectivity index (χ1) is 10.8. The van der Waals surface area contributed by atoms with Crippen molar-refractivity contribution < 1.29 is 8.42 Å². The van der Waals surface area contributed by atoms with Crippen LogP contribution >= 0.6 is 0 Å². The monoisotopic (exact) mass is 338 g/mol. The average molecular weight is 338 g/mol. The zero-order valence-electron chi connectivity index (χ0n) is 14.4. The minimum absolute atomic E-state index is 0.213. The maximum absolute atomic E-state index is 12.0. The molecule has 0 bridgehead atoms. The zero-order chi connectivity index (χ0) is 17.2. The number of unbranched alkanes of at least 4 members (excludes halogenated alkanes) is 1. The number of nitrogens with zero attached hydrogens (tertiary/aromatic N) is 3. The Morgan fingerprint density at radius 1 is 1.09 bits per heavy atom. The van der Waals surface area contributed by atoms with Gasteiger partial charge in [0.15, 0.2) is 5.82 Å². The topological polar surface area (TPSA) is 90.9 Å². The van der Waals surface area contributed by atoms with Gasteiger partial charge in [-0.25, -0.2) is 18.4 Å². The molecule has 0 aliphatic rings. The van der Waals surface area contributed by atoms with Gasteiger partial charge in [0.05, 0.1) is 17.0 Å². The van der Waals surface area contributed by atoms with Crippen molar-refractivity contribution in [3.8, 4) is 0 Å². The Morgan fingerprint density at radius 3 is 2.39 bits per heavy atom. The quantitative estimate of drug-likeness (QED) is 0.837. The van der Waals surface area contributed by atoms with E-state index in [-0.39, 0.29) is 11.5 Å². The van der Waals surface area contributed by atoms with Crippen LogP contribution in [0.5, 0.6) is 0 Å². The molecule has 0 radical (unpaired) electrons. The van der Waals surface area contributed by atoms with Crippen molar-refractivity contribution in [2.24, 2.45) is 0 Å². The van der Waals surface area contributed by atoms with Crippen LogP contribution in [0.3, 0.4) is 0 Å². The number of hydrogen-bond acceptors (Lipinski definition) is 5. The number of sulfone groups is 1. The number of rotatable bonds is 7. The van der Waals surface area contributed by atoms with Crippen molar-refractivity contribution in [2.75, 3.05) is 17.2 Å². The van der Waals surface area contributed by atoms with Gasteiger partial charge in [0.1, 0.15) is 21.2 Å². The molecular weight excluding hydrogens is 312 g/mol. The summed E-state index contributed by atoms with van der Waals surface area (Å²) in [5.74, 6) is 1.76. The maximum Gasteiger partial charge on any atom is 0.151 e. The molecule has 6 nitrogen and oxygen atoms in total. The molecule has 128 valence electrons. The molecule has 2 aromatic rings. The Morgan fingerprint density at radius 2 is 1.74 bits per heavy atom. The van der Waals surface area contributed by atoms with Crippen molar-refractivity contribution in [3.05, 3.63) is 17.1 Å². The molecule has 0 aliphatic carbocycles. The van der Waals surface area contributed by atoms with E-state index in [1.807, 2.05) is 27.7 Å². The van der Waals surface area contributed by atoms with E-state index in [1.54, 1.807) is 0 Å². The molecule has 0 atom stereocenters. The largest absolute Gasteiger partial charge is 0.382 e. The van der Waals surface area contributed by atoms with E-state index in [1.165, 1.54) is 0 Å². The Balaban J connectivity index is 2.23. The van der Waals surface area contributed by atoms with Crippen LogP contribution in [-0.2, 0) is 16.4 Å². The molecule has 0 spiro atoms. The second-order valence-electron chi connectivity index (χ2n) is 6.07. The Kier molecular flexibility index (Phi) is 5.29. The van der Waals surface area contributed by atoms with E-state index in [9.17, 15) is 8.42 Å². The summed E-state index contributed by atoms with van der Waals surface area (Å²) in [7, 11) is -2.96. The number of nitrogens with two attached hydrogens (primary N) is 1. The number of imidazole rings is 1. The minimum Gasteiger partial charge on any atom is -0.382 e. The summed E-state index contributed by atoms with van der Waals surface area (Å²) in [6, 6.07) is 0. The zero-order valence-corrected chi connectivity index (χ0v) is 15.2. The molecule has 0 fully saturated rings. The molecule has 0 saturated heterocycles. The van der Waals surface area contributed by atoms with Gasteiger partial charge in [-0.2, -0.15) is 0 Å². The summed E-state index contributed by atoms with van der Waals surface area (Å²) in [6.45, 7) is 8.46. The van der Waals surface area contributed by atoms with Crippen molar-refractivity contribution in [2.45, 2.75) is 53.5 Å². The van der Waals surface area contributed by atoms with Crippen LogP contribution in [-0.4, -0.2) is 34.5 Å². The maximum atomic E-state index is 12.0. The highest BCUT2D eigenvalue weighted by Crippen LogP contribution is 2.26. The third-order valence-electron chi connectivity index (χ3n) is 4.23. The van der Waals surface area contributed by atoms with Gasteiger partial charge < -0.3 is 10.3 Å². The van der Waals surface area contributed by atoms with Gasteiger partial charge in [0.25, 0.3) is 0 Å². The van der Waals surface area contributed by atoms with Crippen LogP contribution in [0.2, 0.25) is 0 Å². The molecule has 23 heavy (non-hydrogen) atoms. The molecule has 7 heteroatoms. The van der Waals surface area contributed by atoms with Crippen molar-refractivity contribution >= 4 is 26.7 Å². The summed E-state index contributed by atoms with van der Waals surface area (Å²) in [5.41, 5.74) is 9.58. The molecule has 2 aromatic heterocycles. The predicted octanol–water partition coefficient (Wildman–Crippen LogP) is 2.54. The number of pyridine rings is 1. The summed E-state index contributed by atoms with van der Waals surface area (Å²) in [5, 5.41) is 0. The van der Waals surface area contributed by atoms with Gasteiger partial charge in [-0.1, -0.05) is 13.3 Å². The molecule has 0 unspecified atom stereocenters. The lowest BCUT2D eigenvalue weighted by Crippen LogP contribution is -2.14. The number of hydrogen-bond donors (Lipinski definition) is 1. The fourth-order valence-corrected chi connectivity index (χ4v) is 4.30. The third-order valence-corrected chi connectivity index (χ3v) is 6.05. The van der Waals surface area contributed by atoms with Crippen molar-refractivity contribution in [3.63, 3.8) is 0 Å². The molecule has 0 saturated carbocycles. The van der Waals surface area contributed by atoms with E-state index in [2.05, 4.69) is 14.5 Å². The van der Waals surface area contributed by atoms with Crippen LogP contribution in [0.1, 0.15) is 43.3 Å². The van der Waals surface area contributed by atoms with Gasteiger partial charge in [0, 0.05) is 12.2 Å². The fourth-order valence-electron chi connectivity index (χ4n) is 2.79. The first kappa shape index (κ1) is 17.7. The predicted molar refractivity (Wildman–Crippen MR) is 94.3 cm³/mol. The molecule has 0 aromatic carbocycles. The summed E-state index contributed by atoms with van der Waals surface area (Å²) in [6.07, 6.45) is 2.21. The van der Waals surface area contributed by atoms with Crippen molar-refractivity contribution in [1.29, 1.82) is 0 Å². The number of aromatic nitrogens is 3. The van der Waals surface area contributed by atoms with Crippen LogP contribution < -0.4 is 5.73 Å². The molecular formula is C16H26N4O2S. The van der Waals surface area contributed by atoms with Gasteiger partial charge in [0.2, 0.25) is 0 Å². The highest BCUT2D eigenvalue weighted by atomic mass is 32.2. The molecule has 0 aliphatic heterocycles. The fraction of sp³-hybridized carbons (Fsp3) is 0.625. The smallest absolute Gasteiger partial charge is 0.151 e. The summed E-state index contributed by atoms with van der Waals surface area (Å²) >= 11 is 0. The highest BCUT2D eigenvalue weighted by Gasteiger charge is 2.16. The number of fused-ring (bicyclic) bond motifs is 1. The molecule has 0 amide bonds. The van der Waals surface area contributed by atoms with E-state index >= 15 is 0 Å². The molecule has 2 rings (SSSR count).